The number of aromatic nitrogens is 2. The zero-order chi connectivity index (χ0) is 14.1. The van der Waals surface area contributed by atoms with Crippen LogP contribution >= 0.6 is 23.2 Å². The maximum atomic E-state index is 11.1. The van der Waals surface area contributed by atoms with E-state index >= 15 is 0 Å². The van der Waals surface area contributed by atoms with Crippen LogP contribution in [0.15, 0.2) is 42.5 Å². The number of rotatable bonds is 2. The molecule has 98 valence electrons. The highest BCUT2D eigenvalue weighted by atomic mass is 35.5. The minimum Gasteiger partial charge on any atom is -0.298 e. The van der Waals surface area contributed by atoms with E-state index in [9.17, 15) is 4.79 Å². The molecule has 3 rings (SSSR count). The predicted octanol–water partition coefficient (Wildman–Crippen LogP) is 4.42. The summed E-state index contributed by atoms with van der Waals surface area (Å²) in [6, 6.07) is 12.8. The van der Waals surface area contributed by atoms with Crippen molar-refractivity contribution in [3.63, 3.8) is 0 Å². The highest BCUT2D eigenvalue weighted by Gasteiger charge is 2.14. The molecule has 1 heterocycles. The fourth-order valence-electron chi connectivity index (χ4n) is 2.09. The van der Waals surface area contributed by atoms with Gasteiger partial charge in [0.05, 0.1) is 16.2 Å². The molecule has 0 aliphatic rings. The molecule has 20 heavy (non-hydrogen) atoms. The first-order valence-electron chi connectivity index (χ1n) is 5.87. The quantitative estimate of drug-likeness (QED) is 0.520. The number of benzene rings is 2. The highest BCUT2D eigenvalue weighted by molar-refractivity contribution is 6.37. The van der Waals surface area contributed by atoms with Gasteiger partial charge in [-0.05, 0) is 23.7 Å². The van der Waals surface area contributed by atoms with Gasteiger partial charge in [0.1, 0.15) is 0 Å². The van der Waals surface area contributed by atoms with Crippen molar-refractivity contribution in [1.29, 1.82) is 0 Å². The SMILES string of the molecule is O=Cc1ccc(Cl)c2c(-c3ccccc3)nc(Cl)nc12. The van der Waals surface area contributed by atoms with Crippen LogP contribution in [-0.2, 0) is 0 Å². The molecular weight excluding hydrogens is 295 g/mol. The van der Waals surface area contributed by atoms with E-state index in [4.69, 9.17) is 23.2 Å². The van der Waals surface area contributed by atoms with Crippen molar-refractivity contribution in [1.82, 2.24) is 9.97 Å². The zero-order valence-corrected chi connectivity index (χ0v) is 11.7. The van der Waals surface area contributed by atoms with Gasteiger partial charge in [0.15, 0.2) is 6.29 Å². The fraction of sp³-hybridized carbons (Fsp3) is 0. The Morgan fingerprint density at radius 3 is 2.40 bits per heavy atom. The summed E-state index contributed by atoms with van der Waals surface area (Å²) < 4.78 is 0. The minimum absolute atomic E-state index is 0.0849. The topological polar surface area (TPSA) is 42.9 Å². The van der Waals surface area contributed by atoms with E-state index in [-0.39, 0.29) is 5.28 Å². The number of carbonyl (C=O) groups excluding carboxylic acids is 1. The van der Waals surface area contributed by atoms with Gasteiger partial charge in [-0.25, -0.2) is 9.97 Å². The Balaban J connectivity index is 2.46. The van der Waals surface area contributed by atoms with Gasteiger partial charge < -0.3 is 0 Å². The summed E-state index contributed by atoms with van der Waals surface area (Å²) in [5.74, 6) is 0. The van der Waals surface area contributed by atoms with Crippen molar-refractivity contribution in [2.24, 2.45) is 0 Å². The van der Waals surface area contributed by atoms with Gasteiger partial charge in [-0.3, -0.25) is 4.79 Å². The number of hydrogen-bond donors (Lipinski definition) is 0. The molecule has 0 spiro atoms. The van der Waals surface area contributed by atoms with Crippen LogP contribution in [-0.4, -0.2) is 16.3 Å². The number of carbonyl (C=O) groups is 1. The molecule has 0 N–H and O–H groups in total. The molecule has 0 saturated carbocycles. The van der Waals surface area contributed by atoms with Crippen molar-refractivity contribution < 1.29 is 4.79 Å². The summed E-state index contributed by atoms with van der Waals surface area (Å²) in [5, 5.41) is 1.20. The van der Waals surface area contributed by atoms with Crippen molar-refractivity contribution in [3.8, 4) is 11.3 Å². The second kappa shape index (κ2) is 5.19. The predicted molar refractivity (Wildman–Crippen MR) is 80.4 cm³/mol. The molecule has 0 fully saturated rings. The molecule has 0 saturated heterocycles. The van der Waals surface area contributed by atoms with E-state index in [1.807, 2.05) is 30.3 Å². The first-order valence-corrected chi connectivity index (χ1v) is 6.62. The maximum Gasteiger partial charge on any atom is 0.223 e. The van der Waals surface area contributed by atoms with Gasteiger partial charge in [-0.15, -0.1) is 0 Å². The van der Waals surface area contributed by atoms with Gasteiger partial charge in [0.25, 0.3) is 0 Å². The van der Waals surface area contributed by atoms with Crippen LogP contribution in [0.4, 0.5) is 0 Å². The standard InChI is InChI=1S/C15H8Cl2N2O/c16-11-7-6-10(8-20)14-12(11)13(18-15(17)19-14)9-4-2-1-3-5-9/h1-8H. The lowest BCUT2D eigenvalue weighted by molar-refractivity contribution is 0.112. The lowest BCUT2D eigenvalue weighted by atomic mass is 10.0. The molecule has 3 aromatic rings. The average Bonchev–Trinajstić information content (AvgIpc) is 2.47. The van der Waals surface area contributed by atoms with Gasteiger partial charge >= 0.3 is 0 Å². The van der Waals surface area contributed by atoms with E-state index in [2.05, 4.69) is 9.97 Å². The molecular formula is C15H8Cl2N2O. The second-order valence-corrected chi connectivity index (χ2v) is 4.93. The monoisotopic (exact) mass is 302 g/mol. The normalized spacial score (nSPS) is 10.7. The largest absolute Gasteiger partial charge is 0.298 e. The summed E-state index contributed by atoms with van der Waals surface area (Å²) in [6.45, 7) is 0. The van der Waals surface area contributed by atoms with E-state index in [0.29, 0.717) is 27.2 Å². The van der Waals surface area contributed by atoms with Crippen molar-refractivity contribution in [2.45, 2.75) is 0 Å². The van der Waals surface area contributed by atoms with Crippen LogP contribution in [0, 0.1) is 0 Å². The molecule has 0 bridgehead atoms. The lowest BCUT2D eigenvalue weighted by Crippen LogP contribution is -1.95. The van der Waals surface area contributed by atoms with Gasteiger partial charge in [-0.1, -0.05) is 41.9 Å². The van der Waals surface area contributed by atoms with Gasteiger partial charge in [0, 0.05) is 16.5 Å². The Morgan fingerprint density at radius 2 is 1.70 bits per heavy atom. The van der Waals surface area contributed by atoms with Crippen LogP contribution in [0.1, 0.15) is 10.4 Å². The van der Waals surface area contributed by atoms with Crippen LogP contribution < -0.4 is 0 Å². The number of aldehydes is 1. The Bertz CT molecular complexity index is 804. The van der Waals surface area contributed by atoms with Crippen molar-refractivity contribution in [2.75, 3.05) is 0 Å². The molecule has 0 amide bonds. The van der Waals surface area contributed by atoms with Crippen molar-refractivity contribution >= 4 is 40.4 Å². The van der Waals surface area contributed by atoms with E-state index in [0.717, 1.165) is 11.8 Å². The molecule has 0 aliphatic carbocycles. The van der Waals surface area contributed by atoms with Gasteiger partial charge in [0.2, 0.25) is 5.28 Å². The number of halogens is 2. The molecule has 0 atom stereocenters. The first-order chi connectivity index (χ1) is 9.70. The smallest absolute Gasteiger partial charge is 0.223 e. The highest BCUT2D eigenvalue weighted by Crippen LogP contribution is 2.33. The Morgan fingerprint density at radius 1 is 0.950 bits per heavy atom. The van der Waals surface area contributed by atoms with Crippen LogP contribution in [0.3, 0.4) is 0 Å². The number of fused-ring (bicyclic) bond motifs is 1. The van der Waals surface area contributed by atoms with E-state index in [1.54, 1.807) is 12.1 Å². The Labute approximate surface area is 125 Å². The number of hydrogen-bond acceptors (Lipinski definition) is 3. The summed E-state index contributed by atoms with van der Waals surface area (Å²) >= 11 is 12.2. The summed E-state index contributed by atoms with van der Waals surface area (Å²) in [5.41, 5.74) is 2.39. The van der Waals surface area contributed by atoms with Crippen molar-refractivity contribution in [3.05, 3.63) is 58.3 Å². The molecule has 0 aliphatic heterocycles. The van der Waals surface area contributed by atoms with Crippen LogP contribution in [0.25, 0.3) is 22.2 Å². The van der Waals surface area contributed by atoms with E-state index < -0.39 is 0 Å². The molecule has 0 radical (unpaired) electrons. The zero-order valence-electron chi connectivity index (χ0n) is 10.2. The maximum absolute atomic E-state index is 11.1. The molecule has 5 heteroatoms. The third-order valence-electron chi connectivity index (χ3n) is 2.98. The second-order valence-electron chi connectivity index (χ2n) is 4.19. The van der Waals surface area contributed by atoms with Crippen LogP contribution in [0.2, 0.25) is 10.3 Å². The lowest BCUT2D eigenvalue weighted by Gasteiger charge is -2.09. The van der Waals surface area contributed by atoms with Gasteiger partial charge in [-0.2, -0.15) is 0 Å². The fourth-order valence-corrected chi connectivity index (χ4v) is 2.50. The third-order valence-corrected chi connectivity index (χ3v) is 3.46. The average molecular weight is 303 g/mol. The van der Waals surface area contributed by atoms with Crippen LogP contribution in [0.5, 0.6) is 0 Å². The molecule has 3 nitrogen and oxygen atoms in total. The minimum atomic E-state index is 0.0849. The third kappa shape index (κ3) is 2.15. The Hall–Kier alpha value is -1.97. The summed E-state index contributed by atoms with van der Waals surface area (Å²) in [6.07, 6.45) is 0.733. The Kier molecular flexibility index (Phi) is 3.38. The summed E-state index contributed by atoms with van der Waals surface area (Å²) in [7, 11) is 0. The summed E-state index contributed by atoms with van der Waals surface area (Å²) in [4.78, 5) is 19.5. The van der Waals surface area contributed by atoms with E-state index in [1.165, 1.54) is 0 Å². The molecule has 1 aromatic heterocycles. The number of nitrogens with zero attached hydrogens (tertiary/aromatic N) is 2. The molecule has 2 aromatic carbocycles. The first kappa shape index (κ1) is 13.0. The molecule has 0 unspecified atom stereocenters.